The van der Waals surface area contributed by atoms with Gasteiger partial charge in [0.25, 0.3) is 0 Å². The van der Waals surface area contributed by atoms with Crippen molar-refractivity contribution in [1.82, 2.24) is 60.5 Å². The Bertz CT molecular complexity index is 2630. The maximum atomic E-state index is 15.4. The summed E-state index contributed by atoms with van der Waals surface area (Å²) in [5.41, 5.74) is -1.59. The Morgan fingerprint density at radius 1 is 0.531 bits per heavy atom. The molecule has 13 atom stereocenters. The summed E-state index contributed by atoms with van der Waals surface area (Å²) in [6, 6.07) is -14.4. The molecule has 2 fully saturated rings. The molecule has 2 heterocycles. The molecule has 0 aromatic carbocycles. The molecule has 96 heavy (non-hydrogen) atoms. The van der Waals surface area contributed by atoms with Crippen LogP contribution in [0.25, 0.3) is 0 Å². The minimum atomic E-state index is -1.66. The molecule has 2 aliphatic rings. The van der Waals surface area contributed by atoms with E-state index in [1.54, 1.807) is 60.6 Å². The lowest BCUT2D eigenvalue weighted by Crippen LogP contribution is -2.64. The van der Waals surface area contributed by atoms with Crippen LogP contribution in [0.2, 0.25) is 0 Å². The second kappa shape index (κ2) is 39.6. The predicted octanol–water partition coefficient (Wildman–Crippen LogP) is 2.82. The van der Waals surface area contributed by atoms with E-state index in [0.717, 1.165) is 9.80 Å². The van der Waals surface area contributed by atoms with Crippen LogP contribution in [0.3, 0.4) is 0 Å². The van der Waals surface area contributed by atoms with E-state index >= 15 is 33.6 Å². The maximum absolute atomic E-state index is 15.4. The van der Waals surface area contributed by atoms with Gasteiger partial charge in [0.05, 0.1) is 24.9 Å². The van der Waals surface area contributed by atoms with Crippen LogP contribution < -0.4 is 21.3 Å². The van der Waals surface area contributed by atoms with Crippen LogP contribution in [0, 0.1) is 35.5 Å². The fraction of sp³-hybridized carbons (Fsp3) is 0.812. The molecule has 0 spiro atoms. The van der Waals surface area contributed by atoms with Crippen molar-refractivity contribution in [1.29, 1.82) is 0 Å². The number of hydrogen-bond acceptors (Lipinski definition) is 16. The Kier molecular flexibility index (Phi) is 35.6. The highest BCUT2D eigenvalue weighted by Gasteiger charge is 2.47. The normalized spacial score (nSPS) is 27.3. The summed E-state index contributed by atoms with van der Waals surface area (Å²) in [6.07, 6.45) is 2.34. The zero-order valence-corrected chi connectivity index (χ0v) is 63.3. The van der Waals surface area contributed by atoms with E-state index in [2.05, 4.69) is 26.2 Å². The monoisotopic (exact) mass is 1380 g/mol. The second-order valence-corrected chi connectivity index (χ2v) is 30.4. The lowest BCUT2D eigenvalue weighted by atomic mass is 9.91. The van der Waals surface area contributed by atoms with Gasteiger partial charge >= 0.3 is 0 Å². The average Bonchev–Trinajstić information content (AvgIpc) is 0.812. The molecular weight excluding hydrogens is 1250 g/mol. The van der Waals surface area contributed by atoms with Gasteiger partial charge in [-0.3, -0.25) is 57.6 Å². The molecule has 2 aliphatic heterocycles. The summed E-state index contributed by atoms with van der Waals surface area (Å²) in [7, 11) is 9.88. The van der Waals surface area contributed by atoms with Crippen molar-refractivity contribution in [3.05, 3.63) is 12.2 Å². The van der Waals surface area contributed by atoms with Crippen LogP contribution in [-0.2, 0) is 57.5 Å². The van der Waals surface area contributed by atoms with E-state index in [9.17, 15) is 29.4 Å². The number of carbonyl (C=O) groups is 11. The van der Waals surface area contributed by atoms with Gasteiger partial charge in [-0.1, -0.05) is 95.2 Å². The number of aliphatic hydroxyl groups excluding tert-OH is 1. The average molecular weight is 1380 g/mol. The molecule has 0 aliphatic carbocycles. The molecule has 0 bridgehead atoms. The summed E-state index contributed by atoms with van der Waals surface area (Å²) in [4.78, 5) is 175. The first kappa shape index (κ1) is 86.2. The fourth-order valence-electron chi connectivity index (χ4n) is 12.2. The van der Waals surface area contributed by atoms with E-state index in [4.69, 9.17) is 4.74 Å². The number of rotatable bonds is 20. The number of aliphatic hydroxyl groups is 2. The number of carbonyl (C=O) groups excluding carboxylic acids is 11. The van der Waals surface area contributed by atoms with Gasteiger partial charge < -0.3 is 70.5 Å². The minimum absolute atomic E-state index is 0.00699. The maximum Gasteiger partial charge on any atom is 0.246 e. The van der Waals surface area contributed by atoms with E-state index in [1.165, 1.54) is 113 Å². The quantitative estimate of drug-likeness (QED) is 0.0754. The van der Waals surface area contributed by atoms with Gasteiger partial charge in [0.2, 0.25) is 65.0 Å². The van der Waals surface area contributed by atoms with Crippen molar-refractivity contribution in [3.63, 3.8) is 0 Å². The SMILES string of the molecule is CC=CC[C@@H](C)[C@@H](O)[C@H]1C(=O)N[C@@H](CC)C(=O)N(C)[C@H](CSCCN2CCOCC2)C(=O)N(C)[C@@H](CC(C)(C)O)C(=O)N[C@@H](C(C)C)C(=O)N(C)[C@@H](CC(C)C)C(=O)N[C@@H](C)C(=O)N[C@H](C)C(=O)N(C)[C@@H](CC(C)C)C(=O)N(C)[C@@H](CC(C)C)C(=O)N(C)[C@@H](C(C)C)C(=O)N1C. The predicted molar refractivity (Wildman–Crippen MR) is 373 cm³/mol. The number of hydrogen-bond donors (Lipinski definition) is 6. The molecule has 2 rings (SSSR count). The number of likely N-dealkylation sites (N-methyl/N-ethyl adjacent to an activating group) is 7. The number of morpholine rings is 1. The molecule has 0 radical (unpaired) electrons. The number of ether oxygens (including phenoxy) is 1. The molecule has 0 aromatic rings. The van der Waals surface area contributed by atoms with Crippen molar-refractivity contribution in [2.45, 2.75) is 234 Å². The molecule has 26 nitrogen and oxygen atoms in total. The Morgan fingerprint density at radius 3 is 1.47 bits per heavy atom. The molecule has 0 unspecified atom stereocenters. The minimum Gasteiger partial charge on any atom is -0.390 e. The van der Waals surface area contributed by atoms with Crippen LogP contribution in [0.4, 0.5) is 0 Å². The Hall–Kier alpha value is -5.90. The highest BCUT2D eigenvalue weighted by molar-refractivity contribution is 7.99. The van der Waals surface area contributed by atoms with Crippen LogP contribution in [0.15, 0.2) is 12.2 Å². The third-order valence-corrected chi connectivity index (χ3v) is 19.3. The van der Waals surface area contributed by atoms with Gasteiger partial charge in [-0.05, 0) is 102 Å². The second-order valence-electron chi connectivity index (χ2n) is 29.2. The first-order chi connectivity index (χ1) is 44.5. The highest BCUT2D eigenvalue weighted by Crippen LogP contribution is 2.27. The van der Waals surface area contributed by atoms with E-state index < -0.39 is 161 Å². The molecule has 27 heteroatoms. The molecular formula is C69H124N12O14S. The third-order valence-electron chi connectivity index (χ3n) is 18.3. The van der Waals surface area contributed by atoms with Crippen LogP contribution in [-0.4, -0.2) is 286 Å². The van der Waals surface area contributed by atoms with Crippen molar-refractivity contribution in [3.8, 4) is 0 Å². The zero-order valence-electron chi connectivity index (χ0n) is 62.5. The Labute approximate surface area is 578 Å². The molecule has 2 saturated heterocycles. The molecule has 6 N–H and O–H groups in total. The van der Waals surface area contributed by atoms with E-state index in [0.29, 0.717) is 38.6 Å². The molecule has 550 valence electrons. The Balaban J connectivity index is 3.12. The van der Waals surface area contributed by atoms with E-state index in [1.807, 2.05) is 41.5 Å². The molecule has 11 amide bonds. The topological polar surface area (TPSA) is 312 Å². The molecule has 0 saturated carbocycles. The number of nitrogens with one attached hydrogen (secondary N) is 4. The van der Waals surface area contributed by atoms with Crippen LogP contribution >= 0.6 is 11.8 Å². The lowest BCUT2D eigenvalue weighted by molar-refractivity contribution is -0.157. The highest BCUT2D eigenvalue weighted by atomic mass is 32.2. The van der Waals surface area contributed by atoms with Crippen LogP contribution in [0.5, 0.6) is 0 Å². The van der Waals surface area contributed by atoms with Gasteiger partial charge in [-0.2, -0.15) is 11.8 Å². The van der Waals surface area contributed by atoms with Crippen molar-refractivity contribution >= 4 is 76.7 Å². The number of nitrogens with zero attached hydrogens (tertiary/aromatic N) is 8. The van der Waals surface area contributed by atoms with Crippen LogP contribution in [0.1, 0.15) is 156 Å². The third kappa shape index (κ3) is 24.8. The van der Waals surface area contributed by atoms with Crippen molar-refractivity contribution in [2.75, 3.05) is 93.7 Å². The Morgan fingerprint density at radius 2 is 0.979 bits per heavy atom. The first-order valence-electron chi connectivity index (χ1n) is 34.5. The van der Waals surface area contributed by atoms with Crippen molar-refractivity contribution in [2.24, 2.45) is 35.5 Å². The summed E-state index contributed by atoms with van der Waals surface area (Å²) in [5.74, 6) is -9.77. The lowest BCUT2D eigenvalue weighted by Gasteiger charge is -2.41. The standard InChI is InChI=1S/C69H124N12O14S/c1-25-27-28-45(13)57(82)56-61(86)72-48(26-2)63(88)78(22)53(39-96-34-31-81-29-32-95-33-30-81)66(91)77(21)52(38-69(16,17)94)60(85)73-54(43(9)10)67(92)74(18)49(35-40(3)4)59(84)70-46(14)58(83)71-47(15)62(87)75(19)50(36-41(5)6)64(89)76(20)51(37-42(7)8)65(90)79(23)55(44(11)12)68(93)80(56)24/h25,27,40-57,82,94H,26,28-39H2,1-24H3,(H,70,84)(H,71,83)(H,72,86)(H,73,85)/t45-,46+,47-,48+,49+,50+,51+,52+,53-,54+,55+,56+,57-/m1/s1. The number of thioether (sulfide) groups is 1. The summed E-state index contributed by atoms with van der Waals surface area (Å²) < 4.78 is 5.55. The fourth-order valence-corrected chi connectivity index (χ4v) is 13.3. The van der Waals surface area contributed by atoms with Gasteiger partial charge in [-0.15, -0.1) is 0 Å². The van der Waals surface area contributed by atoms with Gasteiger partial charge in [0.1, 0.15) is 66.5 Å². The van der Waals surface area contributed by atoms with Gasteiger partial charge in [0, 0.05) is 86.9 Å². The largest absolute Gasteiger partial charge is 0.390 e. The number of allylic oxidation sites excluding steroid dienone is 2. The summed E-state index contributed by atoms with van der Waals surface area (Å²) >= 11 is 1.39. The van der Waals surface area contributed by atoms with E-state index in [-0.39, 0.29) is 62.0 Å². The summed E-state index contributed by atoms with van der Waals surface area (Å²) in [6.45, 7) is 32.1. The van der Waals surface area contributed by atoms with Gasteiger partial charge in [-0.25, -0.2) is 0 Å². The summed E-state index contributed by atoms with van der Waals surface area (Å²) in [5, 5.41) is 34.8. The zero-order chi connectivity index (χ0) is 73.7. The van der Waals surface area contributed by atoms with Crippen molar-refractivity contribution < 1.29 is 67.7 Å². The first-order valence-corrected chi connectivity index (χ1v) is 35.6. The smallest absolute Gasteiger partial charge is 0.246 e. The molecule has 0 aromatic heterocycles. The number of amides is 11. The van der Waals surface area contributed by atoms with Gasteiger partial charge in [0.15, 0.2) is 0 Å².